The summed E-state index contributed by atoms with van der Waals surface area (Å²) in [5.74, 6) is 0.462. The number of anilines is 1. The highest BCUT2D eigenvalue weighted by Gasteiger charge is 2.28. The molecular formula is C10H13BrN4O. The SMILES string of the molecule is NC(=O)C1CCCCN1c1ncncc1Br. The van der Waals surface area contributed by atoms with Gasteiger partial charge in [-0.2, -0.15) is 0 Å². The van der Waals surface area contributed by atoms with E-state index in [-0.39, 0.29) is 11.9 Å². The molecule has 1 atom stereocenters. The van der Waals surface area contributed by atoms with Crippen molar-refractivity contribution in [3.63, 3.8) is 0 Å². The fourth-order valence-corrected chi connectivity index (χ4v) is 2.45. The van der Waals surface area contributed by atoms with Crippen molar-refractivity contribution in [3.8, 4) is 0 Å². The smallest absolute Gasteiger partial charge is 0.240 e. The van der Waals surface area contributed by atoms with Gasteiger partial charge < -0.3 is 10.6 Å². The van der Waals surface area contributed by atoms with Crippen molar-refractivity contribution < 1.29 is 4.79 Å². The Kier molecular flexibility index (Phi) is 3.38. The lowest BCUT2D eigenvalue weighted by molar-refractivity contribution is -0.119. The summed E-state index contributed by atoms with van der Waals surface area (Å²) >= 11 is 3.39. The van der Waals surface area contributed by atoms with Crippen LogP contribution in [0.1, 0.15) is 19.3 Å². The van der Waals surface area contributed by atoms with Crippen molar-refractivity contribution in [2.75, 3.05) is 11.4 Å². The Labute approximate surface area is 102 Å². The Bertz CT molecular complexity index is 398. The Balaban J connectivity index is 2.30. The van der Waals surface area contributed by atoms with Gasteiger partial charge in [0.05, 0.1) is 4.47 Å². The van der Waals surface area contributed by atoms with Crippen molar-refractivity contribution in [2.24, 2.45) is 5.73 Å². The third-order valence-corrected chi connectivity index (χ3v) is 3.31. The van der Waals surface area contributed by atoms with E-state index in [1.54, 1.807) is 6.20 Å². The standard InChI is InChI=1S/C10H13BrN4O/c11-7-5-13-6-14-10(7)15-4-2-1-3-8(15)9(12)16/h5-6,8H,1-4H2,(H2,12,16). The van der Waals surface area contributed by atoms with Gasteiger partial charge in [0.1, 0.15) is 18.2 Å². The number of rotatable bonds is 2. The topological polar surface area (TPSA) is 72.1 Å². The molecule has 1 aromatic heterocycles. The Morgan fingerprint density at radius 3 is 3.06 bits per heavy atom. The molecule has 1 unspecified atom stereocenters. The maximum atomic E-state index is 11.4. The van der Waals surface area contributed by atoms with Gasteiger partial charge in [-0.3, -0.25) is 4.79 Å². The molecule has 86 valence electrons. The molecule has 1 fully saturated rings. The van der Waals surface area contributed by atoms with E-state index in [0.717, 1.165) is 36.1 Å². The fraction of sp³-hybridized carbons (Fsp3) is 0.500. The number of hydrogen-bond donors (Lipinski definition) is 1. The minimum Gasteiger partial charge on any atom is -0.368 e. The van der Waals surface area contributed by atoms with E-state index >= 15 is 0 Å². The van der Waals surface area contributed by atoms with Gasteiger partial charge in [-0.15, -0.1) is 0 Å². The average molecular weight is 285 g/mol. The van der Waals surface area contributed by atoms with Crippen molar-refractivity contribution >= 4 is 27.7 Å². The second-order valence-corrected chi connectivity index (χ2v) is 4.66. The number of aromatic nitrogens is 2. The molecule has 1 aliphatic rings. The quantitative estimate of drug-likeness (QED) is 0.882. The lowest BCUT2D eigenvalue weighted by atomic mass is 10.0. The van der Waals surface area contributed by atoms with Crippen LogP contribution >= 0.6 is 15.9 Å². The van der Waals surface area contributed by atoms with E-state index in [4.69, 9.17) is 5.73 Å². The molecule has 2 heterocycles. The lowest BCUT2D eigenvalue weighted by Gasteiger charge is -2.34. The van der Waals surface area contributed by atoms with E-state index in [1.165, 1.54) is 6.33 Å². The summed E-state index contributed by atoms with van der Waals surface area (Å²) in [5, 5.41) is 0. The van der Waals surface area contributed by atoms with Crippen LogP contribution in [-0.4, -0.2) is 28.5 Å². The van der Waals surface area contributed by atoms with Crippen LogP contribution < -0.4 is 10.6 Å². The summed E-state index contributed by atoms with van der Waals surface area (Å²) in [4.78, 5) is 21.4. The predicted octanol–water partition coefficient (Wildman–Crippen LogP) is 1.08. The molecule has 1 aromatic rings. The molecule has 0 bridgehead atoms. The van der Waals surface area contributed by atoms with E-state index < -0.39 is 0 Å². The van der Waals surface area contributed by atoms with E-state index in [0.29, 0.717) is 0 Å². The van der Waals surface area contributed by atoms with Gasteiger partial charge in [0.2, 0.25) is 5.91 Å². The summed E-state index contributed by atoms with van der Waals surface area (Å²) in [7, 11) is 0. The highest BCUT2D eigenvalue weighted by Crippen LogP contribution is 2.28. The summed E-state index contributed by atoms with van der Waals surface area (Å²) in [6.45, 7) is 0.809. The largest absolute Gasteiger partial charge is 0.368 e. The number of hydrogen-bond acceptors (Lipinski definition) is 4. The number of nitrogens with two attached hydrogens (primary N) is 1. The first-order valence-corrected chi connectivity index (χ1v) is 6.01. The first kappa shape index (κ1) is 11.3. The molecule has 0 radical (unpaired) electrons. The average Bonchev–Trinajstić information content (AvgIpc) is 2.29. The van der Waals surface area contributed by atoms with Crippen LogP contribution in [0, 0.1) is 0 Å². The van der Waals surface area contributed by atoms with Crippen molar-refractivity contribution in [1.29, 1.82) is 0 Å². The molecular weight excluding hydrogens is 272 g/mol. The molecule has 1 amide bonds. The maximum Gasteiger partial charge on any atom is 0.240 e. The van der Waals surface area contributed by atoms with Crippen LogP contribution in [-0.2, 0) is 4.79 Å². The van der Waals surface area contributed by atoms with Gasteiger partial charge in [0.25, 0.3) is 0 Å². The summed E-state index contributed by atoms with van der Waals surface area (Å²) in [6.07, 6.45) is 6.04. The number of amides is 1. The zero-order valence-electron chi connectivity index (χ0n) is 8.77. The van der Waals surface area contributed by atoms with E-state index in [2.05, 4.69) is 25.9 Å². The molecule has 6 heteroatoms. The zero-order valence-corrected chi connectivity index (χ0v) is 10.4. The Hall–Kier alpha value is -1.17. The molecule has 0 saturated carbocycles. The number of primary amides is 1. The normalized spacial score (nSPS) is 20.8. The summed E-state index contributed by atoms with van der Waals surface area (Å²) in [6, 6.07) is -0.250. The molecule has 0 aliphatic carbocycles. The molecule has 1 aliphatic heterocycles. The Morgan fingerprint density at radius 2 is 2.38 bits per heavy atom. The highest BCUT2D eigenvalue weighted by atomic mass is 79.9. The van der Waals surface area contributed by atoms with Crippen LogP contribution in [0.5, 0.6) is 0 Å². The van der Waals surface area contributed by atoms with Crippen LogP contribution in [0.3, 0.4) is 0 Å². The van der Waals surface area contributed by atoms with Gasteiger partial charge in [-0.05, 0) is 35.2 Å². The fourth-order valence-electron chi connectivity index (χ4n) is 2.00. The lowest BCUT2D eigenvalue weighted by Crippen LogP contribution is -2.48. The van der Waals surface area contributed by atoms with Crippen molar-refractivity contribution in [2.45, 2.75) is 25.3 Å². The van der Waals surface area contributed by atoms with Gasteiger partial charge in [0, 0.05) is 12.7 Å². The summed E-state index contributed by atoms with van der Waals surface area (Å²) in [5.41, 5.74) is 5.41. The molecule has 1 saturated heterocycles. The monoisotopic (exact) mass is 284 g/mol. The molecule has 2 rings (SSSR count). The number of halogens is 1. The van der Waals surface area contributed by atoms with E-state index in [9.17, 15) is 4.79 Å². The number of nitrogens with zero attached hydrogens (tertiary/aromatic N) is 3. The van der Waals surface area contributed by atoms with Crippen molar-refractivity contribution in [3.05, 3.63) is 17.0 Å². The van der Waals surface area contributed by atoms with Crippen LogP contribution in [0.2, 0.25) is 0 Å². The van der Waals surface area contributed by atoms with Gasteiger partial charge in [0.15, 0.2) is 0 Å². The molecule has 16 heavy (non-hydrogen) atoms. The second kappa shape index (κ2) is 4.78. The molecule has 0 spiro atoms. The minimum absolute atomic E-state index is 0.250. The first-order valence-electron chi connectivity index (χ1n) is 5.21. The van der Waals surface area contributed by atoms with E-state index in [1.807, 2.05) is 4.90 Å². The van der Waals surface area contributed by atoms with Gasteiger partial charge >= 0.3 is 0 Å². The highest BCUT2D eigenvalue weighted by molar-refractivity contribution is 9.10. The van der Waals surface area contributed by atoms with Gasteiger partial charge in [-0.25, -0.2) is 9.97 Å². The predicted molar refractivity (Wildman–Crippen MR) is 63.9 cm³/mol. The maximum absolute atomic E-state index is 11.4. The van der Waals surface area contributed by atoms with Gasteiger partial charge in [-0.1, -0.05) is 0 Å². The molecule has 0 aromatic carbocycles. The molecule has 5 nitrogen and oxygen atoms in total. The van der Waals surface area contributed by atoms with Crippen LogP contribution in [0.4, 0.5) is 5.82 Å². The third kappa shape index (κ3) is 2.16. The third-order valence-electron chi connectivity index (χ3n) is 2.75. The van der Waals surface area contributed by atoms with Crippen LogP contribution in [0.15, 0.2) is 17.0 Å². The van der Waals surface area contributed by atoms with Crippen molar-refractivity contribution in [1.82, 2.24) is 9.97 Å². The van der Waals surface area contributed by atoms with Crippen LogP contribution in [0.25, 0.3) is 0 Å². The second-order valence-electron chi connectivity index (χ2n) is 3.80. The number of piperidine rings is 1. The Morgan fingerprint density at radius 1 is 1.56 bits per heavy atom. The summed E-state index contributed by atoms with van der Waals surface area (Å²) < 4.78 is 0.795. The molecule has 2 N–H and O–H groups in total. The zero-order chi connectivity index (χ0) is 11.5. The first-order chi connectivity index (χ1) is 7.70. The number of carbonyl (C=O) groups is 1. The minimum atomic E-state index is -0.287. The number of carbonyl (C=O) groups excluding carboxylic acids is 1.